The molecule has 5 heteroatoms. The average molecular weight is 326 g/mol. The minimum atomic E-state index is -0.248. The van der Waals surface area contributed by atoms with Crippen LogP contribution in [0.1, 0.15) is 65.2 Å². The third-order valence-corrected chi connectivity index (χ3v) is 5.19. The highest BCUT2D eigenvalue weighted by molar-refractivity contribution is 5.74. The zero-order valence-corrected chi connectivity index (χ0v) is 15.0. The Morgan fingerprint density at radius 2 is 1.83 bits per heavy atom. The van der Waals surface area contributed by atoms with Crippen LogP contribution in [0.4, 0.5) is 4.79 Å². The van der Waals surface area contributed by atoms with E-state index in [0.29, 0.717) is 12.6 Å². The van der Waals surface area contributed by atoms with Gasteiger partial charge in [-0.3, -0.25) is 0 Å². The molecular weight excluding hydrogens is 292 g/mol. The summed E-state index contributed by atoms with van der Waals surface area (Å²) in [7, 11) is 1.84. The number of carbonyl (C=O) groups is 1. The molecule has 0 saturated heterocycles. The molecule has 2 amide bonds. The topological polar surface area (TPSA) is 61.8 Å². The smallest absolute Gasteiger partial charge is 0.317 e. The van der Waals surface area contributed by atoms with E-state index in [-0.39, 0.29) is 30.2 Å². The standard InChI is InChI=1S/C18H34N2O3/c1-13(2)23-16-10-8-15(9-11-16)19-18(22)20(3)12-14-6-4-5-7-17(14)21/h13-17,21H,4-12H2,1-3H3,(H,19,22)/t14-,15?,16?,17+/m1/s1. The number of hydrogen-bond acceptors (Lipinski definition) is 3. The van der Waals surface area contributed by atoms with Crippen LogP contribution in [0.25, 0.3) is 0 Å². The molecule has 0 unspecified atom stereocenters. The predicted octanol–water partition coefficient (Wildman–Crippen LogP) is 2.92. The van der Waals surface area contributed by atoms with Crippen LogP contribution >= 0.6 is 0 Å². The van der Waals surface area contributed by atoms with Crippen molar-refractivity contribution < 1.29 is 14.6 Å². The number of hydrogen-bond donors (Lipinski definition) is 2. The zero-order valence-electron chi connectivity index (χ0n) is 15.0. The Kier molecular flexibility index (Phi) is 7.15. The molecule has 0 aromatic carbocycles. The number of carbonyl (C=O) groups excluding carboxylic acids is 1. The van der Waals surface area contributed by atoms with Crippen LogP contribution in [0.3, 0.4) is 0 Å². The summed E-state index contributed by atoms with van der Waals surface area (Å²) in [6.07, 6.45) is 8.57. The highest BCUT2D eigenvalue weighted by Crippen LogP contribution is 2.25. The van der Waals surface area contributed by atoms with Gasteiger partial charge >= 0.3 is 6.03 Å². The quantitative estimate of drug-likeness (QED) is 0.816. The summed E-state index contributed by atoms with van der Waals surface area (Å²) >= 11 is 0. The van der Waals surface area contributed by atoms with Gasteiger partial charge in [0, 0.05) is 25.6 Å². The predicted molar refractivity (Wildman–Crippen MR) is 91.4 cm³/mol. The minimum absolute atomic E-state index is 0.00370. The third kappa shape index (κ3) is 5.96. The molecule has 2 N–H and O–H groups in total. The molecule has 0 heterocycles. The van der Waals surface area contributed by atoms with E-state index in [0.717, 1.165) is 51.4 Å². The van der Waals surface area contributed by atoms with Crippen molar-refractivity contribution in [1.82, 2.24) is 10.2 Å². The fraction of sp³-hybridized carbons (Fsp3) is 0.944. The first kappa shape index (κ1) is 18.5. The van der Waals surface area contributed by atoms with Crippen LogP contribution < -0.4 is 5.32 Å². The Balaban J connectivity index is 1.70. The molecule has 0 radical (unpaired) electrons. The van der Waals surface area contributed by atoms with Gasteiger partial charge in [0.25, 0.3) is 0 Å². The van der Waals surface area contributed by atoms with E-state index >= 15 is 0 Å². The van der Waals surface area contributed by atoms with Gasteiger partial charge in [0.15, 0.2) is 0 Å². The summed E-state index contributed by atoms with van der Waals surface area (Å²) in [5, 5.41) is 13.2. The van der Waals surface area contributed by atoms with Crippen LogP contribution in [0, 0.1) is 5.92 Å². The van der Waals surface area contributed by atoms with Crippen molar-refractivity contribution in [2.75, 3.05) is 13.6 Å². The van der Waals surface area contributed by atoms with Gasteiger partial charge < -0.3 is 20.1 Å². The van der Waals surface area contributed by atoms with Gasteiger partial charge in [-0.2, -0.15) is 0 Å². The Hall–Kier alpha value is -0.810. The number of rotatable bonds is 5. The first-order valence-corrected chi connectivity index (χ1v) is 9.31. The second-order valence-corrected chi connectivity index (χ2v) is 7.60. The van der Waals surface area contributed by atoms with Crippen molar-refractivity contribution in [2.45, 2.75) is 89.6 Å². The van der Waals surface area contributed by atoms with E-state index in [9.17, 15) is 9.90 Å². The molecule has 0 aliphatic heterocycles. The van der Waals surface area contributed by atoms with Crippen molar-refractivity contribution in [3.05, 3.63) is 0 Å². The second-order valence-electron chi connectivity index (χ2n) is 7.60. The highest BCUT2D eigenvalue weighted by Gasteiger charge is 2.27. The van der Waals surface area contributed by atoms with Gasteiger partial charge in [0.05, 0.1) is 18.3 Å². The van der Waals surface area contributed by atoms with Crippen LogP contribution in [-0.2, 0) is 4.74 Å². The lowest BCUT2D eigenvalue weighted by Gasteiger charge is -2.34. The van der Waals surface area contributed by atoms with E-state index in [1.165, 1.54) is 0 Å². The Morgan fingerprint density at radius 3 is 2.43 bits per heavy atom. The molecule has 2 saturated carbocycles. The largest absolute Gasteiger partial charge is 0.393 e. The van der Waals surface area contributed by atoms with Gasteiger partial charge in [-0.1, -0.05) is 12.8 Å². The molecule has 2 aliphatic rings. The second kappa shape index (κ2) is 8.88. The number of ether oxygens (including phenoxy) is 1. The van der Waals surface area contributed by atoms with Crippen molar-refractivity contribution in [3.63, 3.8) is 0 Å². The maximum atomic E-state index is 12.4. The summed E-state index contributed by atoms with van der Waals surface area (Å²) in [5.41, 5.74) is 0. The molecule has 2 aliphatic carbocycles. The molecule has 0 bridgehead atoms. The SMILES string of the molecule is CC(C)OC1CCC(NC(=O)N(C)C[C@H]2CCCC[C@@H]2O)CC1. The number of nitrogens with zero attached hydrogens (tertiary/aromatic N) is 1. The normalized spacial score (nSPS) is 31.9. The first-order valence-electron chi connectivity index (χ1n) is 9.31. The lowest BCUT2D eigenvalue weighted by Crippen LogP contribution is -2.47. The van der Waals surface area contributed by atoms with E-state index < -0.39 is 0 Å². The van der Waals surface area contributed by atoms with Gasteiger partial charge in [0.2, 0.25) is 0 Å². The minimum Gasteiger partial charge on any atom is -0.393 e. The van der Waals surface area contributed by atoms with E-state index in [4.69, 9.17) is 4.74 Å². The summed E-state index contributed by atoms with van der Waals surface area (Å²) in [5.74, 6) is 0.231. The molecular formula is C18H34N2O3. The molecule has 134 valence electrons. The summed E-state index contributed by atoms with van der Waals surface area (Å²) < 4.78 is 5.85. The van der Waals surface area contributed by atoms with Crippen molar-refractivity contribution in [1.29, 1.82) is 0 Å². The van der Waals surface area contributed by atoms with Gasteiger partial charge in [-0.25, -0.2) is 4.79 Å². The summed E-state index contributed by atoms with van der Waals surface area (Å²) in [4.78, 5) is 14.1. The Bertz CT molecular complexity index is 367. The molecule has 2 fully saturated rings. The van der Waals surface area contributed by atoms with E-state index in [1.54, 1.807) is 4.90 Å². The fourth-order valence-electron chi connectivity index (χ4n) is 3.85. The number of nitrogens with one attached hydrogen (secondary N) is 1. The first-order chi connectivity index (χ1) is 11.0. The van der Waals surface area contributed by atoms with Crippen molar-refractivity contribution in [2.24, 2.45) is 5.92 Å². The van der Waals surface area contributed by atoms with Crippen LogP contribution in [0.2, 0.25) is 0 Å². The van der Waals surface area contributed by atoms with Crippen LogP contribution in [0.5, 0.6) is 0 Å². The molecule has 5 nitrogen and oxygen atoms in total. The van der Waals surface area contributed by atoms with Gasteiger partial charge in [-0.15, -0.1) is 0 Å². The van der Waals surface area contributed by atoms with Crippen molar-refractivity contribution >= 4 is 6.03 Å². The number of aliphatic hydroxyl groups excluding tert-OH is 1. The molecule has 0 aromatic rings. The Morgan fingerprint density at radius 1 is 1.17 bits per heavy atom. The number of aliphatic hydroxyl groups is 1. The summed E-state index contributed by atoms with van der Waals surface area (Å²) in [6.45, 7) is 4.80. The maximum Gasteiger partial charge on any atom is 0.317 e. The summed E-state index contributed by atoms with van der Waals surface area (Å²) in [6, 6.07) is 0.254. The molecule has 23 heavy (non-hydrogen) atoms. The lowest BCUT2D eigenvalue weighted by molar-refractivity contribution is -0.0158. The monoisotopic (exact) mass is 326 g/mol. The molecule has 2 rings (SSSR count). The lowest BCUT2D eigenvalue weighted by atomic mass is 9.86. The highest BCUT2D eigenvalue weighted by atomic mass is 16.5. The maximum absolute atomic E-state index is 12.4. The van der Waals surface area contributed by atoms with Crippen molar-refractivity contribution in [3.8, 4) is 0 Å². The van der Waals surface area contributed by atoms with E-state index in [1.807, 2.05) is 7.05 Å². The van der Waals surface area contributed by atoms with Crippen LogP contribution in [-0.4, -0.2) is 54.0 Å². The number of amides is 2. The Labute approximate surface area is 140 Å². The third-order valence-electron chi connectivity index (χ3n) is 5.19. The fourth-order valence-corrected chi connectivity index (χ4v) is 3.85. The van der Waals surface area contributed by atoms with Crippen LogP contribution in [0.15, 0.2) is 0 Å². The molecule has 2 atom stereocenters. The molecule has 0 spiro atoms. The van der Waals surface area contributed by atoms with Gasteiger partial charge in [0.1, 0.15) is 0 Å². The average Bonchev–Trinajstić information content (AvgIpc) is 2.51. The van der Waals surface area contributed by atoms with Gasteiger partial charge in [-0.05, 0) is 52.4 Å². The van der Waals surface area contributed by atoms with E-state index in [2.05, 4.69) is 19.2 Å². The molecule has 0 aromatic heterocycles. The zero-order chi connectivity index (χ0) is 16.8. The number of urea groups is 1.